The number of nitrogens with zero attached hydrogens (tertiary/aromatic N) is 2. The summed E-state index contributed by atoms with van der Waals surface area (Å²) >= 11 is 0. The molecule has 0 bridgehead atoms. The van der Waals surface area contributed by atoms with Crippen LogP contribution in [0.25, 0.3) is 0 Å². The summed E-state index contributed by atoms with van der Waals surface area (Å²) in [6, 6.07) is 10.1. The van der Waals surface area contributed by atoms with Crippen molar-refractivity contribution >= 4 is 11.8 Å². The molecule has 0 radical (unpaired) electrons. The van der Waals surface area contributed by atoms with E-state index in [1.165, 1.54) is 5.56 Å². The molecule has 2 aliphatic rings. The monoisotopic (exact) mass is 344 g/mol. The Bertz CT molecular complexity index is 590. The van der Waals surface area contributed by atoms with E-state index in [2.05, 4.69) is 12.1 Å². The summed E-state index contributed by atoms with van der Waals surface area (Å²) in [5, 5.41) is 0. The lowest BCUT2D eigenvalue weighted by molar-refractivity contribution is -0.137. The third-order valence-corrected chi connectivity index (χ3v) is 5.32. The van der Waals surface area contributed by atoms with Gasteiger partial charge in [-0.2, -0.15) is 0 Å². The van der Waals surface area contributed by atoms with Crippen molar-refractivity contribution in [3.63, 3.8) is 0 Å². The largest absolute Gasteiger partial charge is 0.378 e. The van der Waals surface area contributed by atoms with Crippen LogP contribution in [0.4, 0.5) is 0 Å². The van der Waals surface area contributed by atoms with Gasteiger partial charge in [-0.25, -0.2) is 0 Å². The van der Waals surface area contributed by atoms with Gasteiger partial charge in [0, 0.05) is 39.2 Å². The molecule has 2 aliphatic heterocycles. The summed E-state index contributed by atoms with van der Waals surface area (Å²) in [6.07, 6.45) is 2.99. The van der Waals surface area contributed by atoms with E-state index in [0.717, 1.165) is 32.4 Å². The summed E-state index contributed by atoms with van der Waals surface area (Å²) in [4.78, 5) is 29.1. The second-order valence-corrected chi connectivity index (χ2v) is 7.02. The molecule has 1 aromatic rings. The van der Waals surface area contributed by atoms with Crippen LogP contribution in [0.15, 0.2) is 30.3 Å². The zero-order chi connectivity index (χ0) is 17.6. The van der Waals surface area contributed by atoms with Crippen LogP contribution >= 0.6 is 0 Å². The molecule has 0 N–H and O–H groups in total. The lowest BCUT2D eigenvalue weighted by Gasteiger charge is -2.25. The molecule has 136 valence electrons. The van der Waals surface area contributed by atoms with Crippen molar-refractivity contribution in [3.8, 4) is 0 Å². The highest BCUT2D eigenvalue weighted by Gasteiger charge is 2.34. The number of benzene rings is 1. The number of hydrogen-bond acceptors (Lipinski definition) is 3. The highest BCUT2D eigenvalue weighted by molar-refractivity contribution is 5.80. The Morgan fingerprint density at radius 3 is 2.52 bits per heavy atom. The lowest BCUT2D eigenvalue weighted by Crippen LogP contribution is -2.41. The van der Waals surface area contributed by atoms with Gasteiger partial charge >= 0.3 is 0 Å². The Hall–Kier alpha value is -1.88. The SMILES string of the molecule is CC1OCCC1C(=O)N1CCCN(C(=O)CCc2ccccc2)CC1. The molecular weight excluding hydrogens is 316 g/mol. The molecule has 25 heavy (non-hydrogen) atoms. The Morgan fingerprint density at radius 2 is 1.80 bits per heavy atom. The summed E-state index contributed by atoms with van der Waals surface area (Å²) in [7, 11) is 0. The van der Waals surface area contributed by atoms with Gasteiger partial charge in [0.1, 0.15) is 0 Å². The molecule has 2 unspecified atom stereocenters. The van der Waals surface area contributed by atoms with Gasteiger partial charge in [0.05, 0.1) is 12.0 Å². The maximum Gasteiger partial charge on any atom is 0.228 e. The van der Waals surface area contributed by atoms with E-state index in [-0.39, 0.29) is 23.8 Å². The minimum atomic E-state index is -0.0136. The van der Waals surface area contributed by atoms with Gasteiger partial charge in [-0.05, 0) is 31.7 Å². The number of carbonyl (C=O) groups excluding carboxylic acids is 2. The van der Waals surface area contributed by atoms with Crippen LogP contribution < -0.4 is 0 Å². The van der Waals surface area contributed by atoms with Crippen LogP contribution in [-0.2, 0) is 20.7 Å². The van der Waals surface area contributed by atoms with E-state index in [4.69, 9.17) is 4.74 Å². The highest BCUT2D eigenvalue weighted by atomic mass is 16.5. The van der Waals surface area contributed by atoms with Crippen molar-refractivity contribution < 1.29 is 14.3 Å². The van der Waals surface area contributed by atoms with Crippen molar-refractivity contribution in [1.82, 2.24) is 9.80 Å². The smallest absolute Gasteiger partial charge is 0.228 e. The summed E-state index contributed by atoms with van der Waals surface area (Å²) in [6.45, 7) is 5.42. The van der Waals surface area contributed by atoms with Crippen LogP contribution in [0, 0.1) is 5.92 Å². The van der Waals surface area contributed by atoms with Crippen LogP contribution in [0.5, 0.6) is 0 Å². The second-order valence-electron chi connectivity index (χ2n) is 7.02. The lowest BCUT2D eigenvalue weighted by atomic mass is 10.0. The second kappa shape index (κ2) is 8.48. The van der Waals surface area contributed by atoms with Gasteiger partial charge in [0.15, 0.2) is 0 Å². The normalized spacial score (nSPS) is 24.2. The Morgan fingerprint density at radius 1 is 1.08 bits per heavy atom. The first kappa shape index (κ1) is 17.9. The number of rotatable bonds is 4. The van der Waals surface area contributed by atoms with E-state index in [0.29, 0.717) is 26.1 Å². The minimum absolute atomic E-state index is 0.0133. The van der Waals surface area contributed by atoms with Crippen LogP contribution in [0.2, 0.25) is 0 Å². The molecule has 0 saturated carbocycles. The molecule has 2 saturated heterocycles. The zero-order valence-electron chi connectivity index (χ0n) is 15.0. The fourth-order valence-corrected chi connectivity index (χ4v) is 3.73. The molecule has 3 rings (SSSR count). The maximum atomic E-state index is 12.7. The first-order chi connectivity index (χ1) is 12.1. The van der Waals surface area contributed by atoms with Crippen molar-refractivity contribution in [2.45, 2.75) is 38.7 Å². The Kier molecular flexibility index (Phi) is 6.08. The van der Waals surface area contributed by atoms with Crippen LogP contribution in [0.3, 0.4) is 0 Å². The average molecular weight is 344 g/mol. The standard InChI is InChI=1S/C20H28N2O3/c1-16-18(10-15-25-16)20(24)22-12-5-11-21(13-14-22)19(23)9-8-17-6-3-2-4-7-17/h2-4,6-7,16,18H,5,8-15H2,1H3. The van der Waals surface area contributed by atoms with Crippen molar-refractivity contribution in [2.75, 3.05) is 32.8 Å². The maximum absolute atomic E-state index is 12.7. The fraction of sp³-hybridized carbons (Fsp3) is 0.600. The van der Waals surface area contributed by atoms with Crippen molar-refractivity contribution in [3.05, 3.63) is 35.9 Å². The van der Waals surface area contributed by atoms with Gasteiger partial charge in [-0.15, -0.1) is 0 Å². The molecule has 0 spiro atoms. The third-order valence-electron chi connectivity index (χ3n) is 5.32. The number of aryl methyl sites for hydroxylation is 1. The van der Waals surface area contributed by atoms with E-state index in [1.807, 2.05) is 34.9 Å². The molecule has 2 heterocycles. The quantitative estimate of drug-likeness (QED) is 0.840. The van der Waals surface area contributed by atoms with Gasteiger partial charge in [0.25, 0.3) is 0 Å². The number of ether oxygens (including phenoxy) is 1. The van der Waals surface area contributed by atoms with Crippen molar-refractivity contribution in [1.29, 1.82) is 0 Å². The molecule has 5 heteroatoms. The van der Waals surface area contributed by atoms with Gasteiger partial charge in [0.2, 0.25) is 11.8 Å². The van der Waals surface area contributed by atoms with Crippen LogP contribution in [0.1, 0.15) is 31.7 Å². The van der Waals surface area contributed by atoms with E-state index in [1.54, 1.807) is 0 Å². The number of amides is 2. The molecule has 2 fully saturated rings. The van der Waals surface area contributed by atoms with E-state index in [9.17, 15) is 9.59 Å². The predicted molar refractivity (Wildman–Crippen MR) is 96.1 cm³/mol. The average Bonchev–Trinajstić information content (AvgIpc) is 2.92. The Balaban J connectivity index is 1.49. The third kappa shape index (κ3) is 4.60. The summed E-state index contributed by atoms with van der Waals surface area (Å²) < 4.78 is 5.53. The van der Waals surface area contributed by atoms with Crippen LogP contribution in [-0.4, -0.2) is 60.5 Å². The van der Waals surface area contributed by atoms with E-state index >= 15 is 0 Å². The van der Waals surface area contributed by atoms with Gasteiger partial charge < -0.3 is 14.5 Å². The number of hydrogen-bond donors (Lipinski definition) is 0. The minimum Gasteiger partial charge on any atom is -0.378 e. The molecule has 5 nitrogen and oxygen atoms in total. The molecule has 1 aromatic carbocycles. The molecule has 0 aromatic heterocycles. The highest BCUT2D eigenvalue weighted by Crippen LogP contribution is 2.23. The molecule has 2 amide bonds. The van der Waals surface area contributed by atoms with Crippen molar-refractivity contribution in [2.24, 2.45) is 5.92 Å². The summed E-state index contributed by atoms with van der Waals surface area (Å²) in [5.74, 6) is 0.375. The predicted octanol–water partition coefficient (Wildman–Crippen LogP) is 2.11. The number of carbonyl (C=O) groups is 2. The molecule has 2 atom stereocenters. The van der Waals surface area contributed by atoms with Gasteiger partial charge in [-0.3, -0.25) is 9.59 Å². The zero-order valence-corrected chi connectivity index (χ0v) is 15.0. The fourth-order valence-electron chi connectivity index (χ4n) is 3.73. The van der Waals surface area contributed by atoms with Gasteiger partial charge in [-0.1, -0.05) is 30.3 Å². The first-order valence-electron chi connectivity index (χ1n) is 9.37. The van der Waals surface area contributed by atoms with E-state index < -0.39 is 0 Å². The molecule has 0 aliphatic carbocycles. The molecular formula is C20H28N2O3. The summed E-state index contributed by atoms with van der Waals surface area (Å²) in [5.41, 5.74) is 1.19. The Labute approximate surface area is 149 Å². The first-order valence-corrected chi connectivity index (χ1v) is 9.37. The topological polar surface area (TPSA) is 49.9 Å².